The smallest absolute Gasteiger partial charge is 0.0354 e. The van der Waals surface area contributed by atoms with Gasteiger partial charge in [-0.3, -0.25) is 0 Å². The molecule has 0 aliphatic heterocycles. The first-order valence-corrected chi connectivity index (χ1v) is 6.55. The highest BCUT2D eigenvalue weighted by Gasteiger charge is 2.18. The van der Waals surface area contributed by atoms with E-state index in [9.17, 15) is 0 Å². The molecule has 0 heteroatoms. The van der Waals surface area contributed by atoms with E-state index in [1.54, 1.807) is 0 Å². The molecule has 0 bridgehead atoms. The van der Waals surface area contributed by atoms with Crippen molar-refractivity contribution >= 4 is 0 Å². The van der Waals surface area contributed by atoms with Crippen LogP contribution < -0.4 is 0 Å². The monoisotopic (exact) mass is 198 g/mol. The molecule has 0 rings (SSSR count). The molecule has 14 heavy (non-hydrogen) atoms. The Morgan fingerprint density at radius 2 is 1.50 bits per heavy atom. The van der Waals surface area contributed by atoms with E-state index < -0.39 is 0 Å². The summed E-state index contributed by atoms with van der Waals surface area (Å²) in [5, 5.41) is 0. The summed E-state index contributed by atoms with van der Waals surface area (Å²) in [7, 11) is 0. The first-order chi connectivity index (χ1) is 6.55. The van der Waals surface area contributed by atoms with Crippen LogP contribution in [0.2, 0.25) is 0 Å². The summed E-state index contributed by atoms with van der Waals surface area (Å²) in [5.41, 5.74) is 0.579. The van der Waals surface area contributed by atoms with E-state index >= 15 is 0 Å². The second-order valence-electron chi connectivity index (χ2n) is 5.52. The van der Waals surface area contributed by atoms with E-state index in [-0.39, 0.29) is 0 Å². The van der Waals surface area contributed by atoms with Gasteiger partial charge in [-0.2, -0.15) is 0 Å². The van der Waals surface area contributed by atoms with Gasteiger partial charge in [-0.15, -0.1) is 0 Å². The zero-order chi connectivity index (χ0) is 11.0. The van der Waals surface area contributed by atoms with Crippen LogP contribution in [0, 0.1) is 11.3 Å². The predicted octanol–water partition coefficient (Wildman–Crippen LogP) is 5.42. The highest BCUT2D eigenvalue weighted by atomic mass is 14.2. The Labute approximate surface area is 91.5 Å². The second-order valence-corrected chi connectivity index (χ2v) is 5.52. The summed E-state index contributed by atoms with van der Waals surface area (Å²) in [6.07, 6.45) is 9.73. The minimum absolute atomic E-state index is 0.579. The third kappa shape index (κ3) is 6.45. The van der Waals surface area contributed by atoms with Gasteiger partial charge in [0.05, 0.1) is 0 Å². The third-order valence-corrected chi connectivity index (χ3v) is 3.43. The number of hydrogen-bond acceptors (Lipinski definition) is 0. The summed E-state index contributed by atoms with van der Waals surface area (Å²) >= 11 is 0. The second kappa shape index (κ2) is 7.31. The van der Waals surface area contributed by atoms with Crippen LogP contribution in [0.3, 0.4) is 0 Å². The minimum Gasteiger partial charge on any atom is -0.0654 e. The molecule has 1 atom stereocenters. The van der Waals surface area contributed by atoms with Crippen molar-refractivity contribution in [3.8, 4) is 0 Å². The van der Waals surface area contributed by atoms with Gasteiger partial charge in [0, 0.05) is 0 Å². The van der Waals surface area contributed by atoms with Gasteiger partial charge in [0.1, 0.15) is 0 Å². The van der Waals surface area contributed by atoms with Crippen molar-refractivity contribution in [2.75, 3.05) is 0 Å². The molecule has 0 heterocycles. The molecule has 86 valence electrons. The van der Waals surface area contributed by atoms with Crippen molar-refractivity contribution in [3.63, 3.8) is 0 Å². The van der Waals surface area contributed by atoms with Crippen LogP contribution in [0.5, 0.6) is 0 Å². The Morgan fingerprint density at radius 3 is 1.93 bits per heavy atom. The van der Waals surface area contributed by atoms with Crippen LogP contribution in [0.15, 0.2) is 0 Å². The molecule has 0 spiro atoms. The molecule has 0 saturated carbocycles. The van der Waals surface area contributed by atoms with E-state index in [1.165, 1.54) is 44.9 Å². The summed E-state index contributed by atoms with van der Waals surface area (Å²) in [5.74, 6) is 0.983. The predicted molar refractivity (Wildman–Crippen MR) is 66.6 cm³/mol. The molecule has 0 aromatic heterocycles. The minimum atomic E-state index is 0.579. The van der Waals surface area contributed by atoms with Gasteiger partial charge >= 0.3 is 0 Å². The molecule has 0 aromatic rings. The first kappa shape index (κ1) is 14.0. The first-order valence-electron chi connectivity index (χ1n) is 6.55. The zero-order valence-electron chi connectivity index (χ0n) is 11.0. The molecule has 0 N–H and O–H groups in total. The SMILES string of the molecule is CCCC(CC)CCC(C)(C)CCC. The van der Waals surface area contributed by atoms with Gasteiger partial charge in [-0.05, 0) is 30.6 Å². The largest absolute Gasteiger partial charge is 0.0654 e. The van der Waals surface area contributed by atoms with Crippen molar-refractivity contribution in [3.05, 3.63) is 0 Å². The fraction of sp³-hybridized carbons (Fsp3) is 1.00. The lowest BCUT2D eigenvalue weighted by Crippen LogP contribution is -2.13. The molecule has 0 aliphatic carbocycles. The van der Waals surface area contributed by atoms with Crippen molar-refractivity contribution in [2.24, 2.45) is 11.3 Å². The maximum Gasteiger partial charge on any atom is -0.0354 e. The average Bonchev–Trinajstić information content (AvgIpc) is 2.12. The maximum absolute atomic E-state index is 2.43. The van der Waals surface area contributed by atoms with Crippen LogP contribution in [0.4, 0.5) is 0 Å². The van der Waals surface area contributed by atoms with Crippen LogP contribution in [0.25, 0.3) is 0 Å². The van der Waals surface area contributed by atoms with Gasteiger partial charge in [-0.25, -0.2) is 0 Å². The number of hydrogen-bond donors (Lipinski definition) is 0. The average molecular weight is 198 g/mol. The Kier molecular flexibility index (Phi) is 7.31. The highest BCUT2D eigenvalue weighted by Crippen LogP contribution is 2.31. The molecule has 0 aromatic carbocycles. The van der Waals surface area contributed by atoms with Gasteiger partial charge < -0.3 is 0 Å². The summed E-state index contributed by atoms with van der Waals surface area (Å²) in [6.45, 7) is 11.8. The lowest BCUT2D eigenvalue weighted by molar-refractivity contribution is 0.261. The molecule has 1 unspecified atom stereocenters. The Morgan fingerprint density at radius 1 is 0.857 bits per heavy atom. The molecule has 0 radical (unpaired) electrons. The summed E-state index contributed by atoms with van der Waals surface area (Å²) in [6, 6.07) is 0. The van der Waals surface area contributed by atoms with Gasteiger partial charge in [0.2, 0.25) is 0 Å². The quantitative estimate of drug-likeness (QED) is 0.488. The van der Waals surface area contributed by atoms with Crippen LogP contribution in [-0.4, -0.2) is 0 Å². The van der Waals surface area contributed by atoms with Crippen LogP contribution >= 0.6 is 0 Å². The third-order valence-electron chi connectivity index (χ3n) is 3.43. The van der Waals surface area contributed by atoms with Crippen LogP contribution in [-0.2, 0) is 0 Å². The van der Waals surface area contributed by atoms with Crippen molar-refractivity contribution in [1.29, 1.82) is 0 Å². The van der Waals surface area contributed by atoms with E-state index in [2.05, 4.69) is 34.6 Å². The zero-order valence-corrected chi connectivity index (χ0v) is 11.0. The van der Waals surface area contributed by atoms with E-state index in [4.69, 9.17) is 0 Å². The summed E-state index contributed by atoms with van der Waals surface area (Å²) < 4.78 is 0. The molecular formula is C14H30. The Balaban J connectivity index is 3.76. The normalized spacial score (nSPS) is 14.4. The molecule has 0 amide bonds. The van der Waals surface area contributed by atoms with E-state index in [0.717, 1.165) is 5.92 Å². The lowest BCUT2D eigenvalue weighted by Gasteiger charge is -2.26. The fourth-order valence-electron chi connectivity index (χ4n) is 2.36. The van der Waals surface area contributed by atoms with Gasteiger partial charge in [0.15, 0.2) is 0 Å². The molecule has 0 aliphatic rings. The standard InChI is InChI=1S/C14H30/c1-6-9-13(8-3)10-12-14(4,5)11-7-2/h13H,6-12H2,1-5H3. The molecule has 0 fully saturated rings. The lowest BCUT2D eigenvalue weighted by atomic mass is 9.80. The van der Waals surface area contributed by atoms with E-state index in [1.807, 2.05) is 0 Å². The number of rotatable bonds is 8. The van der Waals surface area contributed by atoms with Crippen molar-refractivity contribution < 1.29 is 0 Å². The summed E-state index contributed by atoms with van der Waals surface area (Å²) in [4.78, 5) is 0. The fourth-order valence-corrected chi connectivity index (χ4v) is 2.36. The van der Waals surface area contributed by atoms with E-state index in [0.29, 0.717) is 5.41 Å². The van der Waals surface area contributed by atoms with Gasteiger partial charge in [0.25, 0.3) is 0 Å². The Bertz CT molecular complexity index is 124. The van der Waals surface area contributed by atoms with Crippen molar-refractivity contribution in [2.45, 2.75) is 79.6 Å². The maximum atomic E-state index is 2.43. The topological polar surface area (TPSA) is 0 Å². The highest BCUT2D eigenvalue weighted by molar-refractivity contribution is 4.70. The van der Waals surface area contributed by atoms with Gasteiger partial charge in [-0.1, -0.05) is 60.3 Å². The van der Waals surface area contributed by atoms with Crippen LogP contribution in [0.1, 0.15) is 79.6 Å². The molecule has 0 nitrogen and oxygen atoms in total. The van der Waals surface area contributed by atoms with Crippen molar-refractivity contribution in [1.82, 2.24) is 0 Å². The molecular weight excluding hydrogens is 168 g/mol. The Hall–Kier alpha value is 0. The molecule has 0 saturated heterocycles.